The minimum atomic E-state index is 0. The molecular formula is C18H32IN5S. The summed E-state index contributed by atoms with van der Waals surface area (Å²) in [4.78, 5) is 12.9. The fourth-order valence-corrected chi connectivity index (χ4v) is 4.84. The molecule has 5 nitrogen and oxygen atoms in total. The monoisotopic (exact) mass is 477 g/mol. The third-order valence-electron chi connectivity index (χ3n) is 5.35. The number of halogens is 1. The van der Waals surface area contributed by atoms with Crippen LogP contribution in [0.25, 0.3) is 0 Å². The van der Waals surface area contributed by atoms with Crippen molar-refractivity contribution in [3.63, 3.8) is 0 Å². The van der Waals surface area contributed by atoms with Crippen LogP contribution in [0.2, 0.25) is 0 Å². The maximum Gasteiger partial charge on any atom is 0.191 e. The van der Waals surface area contributed by atoms with Crippen molar-refractivity contribution < 1.29 is 0 Å². The lowest BCUT2D eigenvalue weighted by molar-refractivity contribution is 0.150. The Bertz CT molecular complexity index is 560. The molecule has 1 aliphatic heterocycles. The van der Waals surface area contributed by atoms with Crippen LogP contribution in [0.5, 0.6) is 0 Å². The number of piperidine rings is 1. The quantitative estimate of drug-likeness (QED) is 0.396. The van der Waals surface area contributed by atoms with Crippen molar-refractivity contribution in [2.45, 2.75) is 71.0 Å². The summed E-state index contributed by atoms with van der Waals surface area (Å²) < 4.78 is 0. The number of hydrogen-bond acceptors (Lipinski definition) is 4. The molecule has 2 N–H and O–H groups in total. The molecule has 3 rings (SSSR count). The van der Waals surface area contributed by atoms with Crippen molar-refractivity contribution >= 4 is 41.3 Å². The van der Waals surface area contributed by atoms with Gasteiger partial charge in [-0.3, -0.25) is 4.99 Å². The number of aromatic nitrogens is 1. The predicted molar refractivity (Wildman–Crippen MR) is 117 cm³/mol. The Balaban J connectivity index is 0.00000225. The van der Waals surface area contributed by atoms with Crippen molar-refractivity contribution in [2.24, 2.45) is 4.99 Å². The van der Waals surface area contributed by atoms with Crippen molar-refractivity contribution in [1.82, 2.24) is 20.5 Å². The van der Waals surface area contributed by atoms with Crippen molar-refractivity contribution in [1.29, 1.82) is 0 Å². The van der Waals surface area contributed by atoms with Gasteiger partial charge in [-0.15, -0.1) is 35.3 Å². The van der Waals surface area contributed by atoms with Gasteiger partial charge in [-0.05, 0) is 39.5 Å². The zero-order chi connectivity index (χ0) is 16.9. The van der Waals surface area contributed by atoms with Crippen LogP contribution in [0.1, 0.15) is 54.1 Å². The number of nitrogens with zero attached hydrogens (tertiary/aromatic N) is 3. The van der Waals surface area contributed by atoms with Gasteiger partial charge < -0.3 is 15.5 Å². The van der Waals surface area contributed by atoms with Gasteiger partial charge >= 0.3 is 0 Å². The zero-order valence-electron chi connectivity index (χ0n) is 15.7. The van der Waals surface area contributed by atoms with E-state index in [9.17, 15) is 0 Å². The first kappa shape index (κ1) is 20.9. The van der Waals surface area contributed by atoms with E-state index in [1.165, 1.54) is 56.5 Å². The lowest BCUT2D eigenvalue weighted by Crippen LogP contribution is -2.50. The maximum atomic E-state index is 4.49. The first-order chi connectivity index (χ1) is 11.7. The SMILES string of the molecule is CN=C(NCc1sc(C)nc1C)NC1CCN(C2CCCC2)CC1.I. The van der Waals surface area contributed by atoms with E-state index in [2.05, 4.69) is 39.4 Å². The molecule has 0 aromatic carbocycles. The molecule has 1 saturated carbocycles. The highest BCUT2D eigenvalue weighted by Crippen LogP contribution is 2.26. The summed E-state index contributed by atoms with van der Waals surface area (Å²) in [7, 11) is 1.85. The van der Waals surface area contributed by atoms with E-state index in [0.29, 0.717) is 6.04 Å². The van der Waals surface area contributed by atoms with Crippen molar-refractivity contribution in [3.8, 4) is 0 Å². The van der Waals surface area contributed by atoms with Gasteiger partial charge in [0, 0.05) is 37.1 Å². The fourth-order valence-electron chi connectivity index (χ4n) is 3.97. The molecule has 1 aromatic rings. The fraction of sp³-hybridized carbons (Fsp3) is 0.778. The molecule has 25 heavy (non-hydrogen) atoms. The van der Waals surface area contributed by atoms with Gasteiger partial charge in [0.05, 0.1) is 17.2 Å². The number of guanidine groups is 1. The third kappa shape index (κ3) is 5.79. The van der Waals surface area contributed by atoms with Gasteiger partial charge in [-0.25, -0.2) is 4.98 Å². The van der Waals surface area contributed by atoms with Crippen LogP contribution in [-0.2, 0) is 6.54 Å². The van der Waals surface area contributed by atoms with Crippen LogP contribution in [-0.4, -0.2) is 48.1 Å². The van der Waals surface area contributed by atoms with Gasteiger partial charge in [0.2, 0.25) is 0 Å². The lowest BCUT2D eigenvalue weighted by atomic mass is 10.0. The van der Waals surface area contributed by atoms with Gasteiger partial charge in [0.15, 0.2) is 5.96 Å². The lowest BCUT2D eigenvalue weighted by Gasteiger charge is -2.36. The summed E-state index contributed by atoms with van der Waals surface area (Å²) in [5.74, 6) is 0.916. The van der Waals surface area contributed by atoms with Crippen LogP contribution < -0.4 is 10.6 Å². The number of nitrogens with one attached hydrogen (secondary N) is 2. The highest BCUT2D eigenvalue weighted by Gasteiger charge is 2.27. The minimum Gasteiger partial charge on any atom is -0.354 e. The summed E-state index contributed by atoms with van der Waals surface area (Å²) >= 11 is 1.76. The molecule has 0 bridgehead atoms. The minimum absolute atomic E-state index is 0. The standard InChI is InChI=1S/C18H31N5S.HI/c1-13-17(24-14(2)21-13)12-20-18(19-3)22-15-8-10-23(11-9-15)16-6-4-5-7-16;/h15-16H,4-12H2,1-3H3,(H2,19,20,22);1H. The van der Waals surface area contributed by atoms with Crippen LogP contribution >= 0.6 is 35.3 Å². The van der Waals surface area contributed by atoms with Crippen molar-refractivity contribution in [2.75, 3.05) is 20.1 Å². The second-order valence-corrected chi connectivity index (χ2v) is 8.35. The van der Waals surface area contributed by atoms with E-state index >= 15 is 0 Å². The Hall–Kier alpha value is -0.410. The van der Waals surface area contributed by atoms with Gasteiger partial charge in [-0.1, -0.05) is 12.8 Å². The molecule has 1 aromatic heterocycles. The van der Waals surface area contributed by atoms with Gasteiger partial charge in [-0.2, -0.15) is 0 Å². The predicted octanol–water partition coefficient (Wildman–Crippen LogP) is 3.45. The molecule has 1 saturated heterocycles. The number of aliphatic imine (C=N–C) groups is 1. The molecule has 0 unspecified atom stereocenters. The summed E-state index contributed by atoms with van der Waals surface area (Å²) in [6.45, 7) is 7.40. The molecule has 2 aliphatic rings. The molecule has 0 radical (unpaired) electrons. The Morgan fingerprint density at radius 3 is 2.44 bits per heavy atom. The highest BCUT2D eigenvalue weighted by molar-refractivity contribution is 14.0. The maximum absolute atomic E-state index is 4.49. The topological polar surface area (TPSA) is 52.6 Å². The molecule has 142 valence electrons. The molecule has 2 heterocycles. The van der Waals surface area contributed by atoms with Crippen LogP contribution in [0.4, 0.5) is 0 Å². The van der Waals surface area contributed by atoms with E-state index in [4.69, 9.17) is 0 Å². The molecule has 2 fully saturated rings. The van der Waals surface area contributed by atoms with E-state index < -0.39 is 0 Å². The Kier molecular flexibility index (Phi) is 8.41. The van der Waals surface area contributed by atoms with Gasteiger partial charge in [0.1, 0.15) is 0 Å². The second kappa shape index (κ2) is 10.1. The van der Waals surface area contributed by atoms with Crippen LogP contribution in [0.3, 0.4) is 0 Å². The zero-order valence-corrected chi connectivity index (χ0v) is 18.8. The summed E-state index contributed by atoms with van der Waals surface area (Å²) in [5, 5.41) is 8.19. The largest absolute Gasteiger partial charge is 0.354 e. The molecule has 0 atom stereocenters. The molecule has 1 aliphatic carbocycles. The summed E-state index contributed by atoms with van der Waals surface area (Å²) in [5.41, 5.74) is 1.13. The summed E-state index contributed by atoms with van der Waals surface area (Å²) in [6.07, 6.45) is 8.11. The second-order valence-electron chi connectivity index (χ2n) is 7.06. The third-order valence-corrected chi connectivity index (χ3v) is 6.42. The first-order valence-electron chi connectivity index (χ1n) is 9.30. The molecule has 0 spiro atoms. The molecule has 7 heteroatoms. The number of likely N-dealkylation sites (tertiary alicyclic amines) is 1. The van der Waals surface area contributed by atoms with Crippen molar-refractivity contribution in [3.05, 3.63) is 15.6 Å². The average Bonchev–Trinajstić information content (AvgIpc) is 3.22. The Labute approximate surface area is 173 Å². The van der Waals surface area contributed by atoms with E-state index in [-0.39, 0.29) is 24.0 Å². The van der Waals surface area contributed by atoms with Crippen LogP contribution in [0, 0.1) is 13.8 Å². The van der Waals surface area contributed by atoms with Crippen LogP contribution in [0.15, 0.2) is 4.99 Å². The number of hydrogen-bond donors (Lipinski definition) is 2. The highest BCUT2D eigenvalue weighted by atomic mass is 127. The average molecular weight is 477 g/mol. The smallest absolute Gasteiger partial charge is 0.191 e. The normalized spacial score (nSPS) is 20.5. The van der Waals surface area contributed by atoms with E-state index in [0.717, 1.165) is 29.2 Å². The Morgan fingerprint density at radius 1 is 1.20 bits per heavy atom. The Morgan fingerprint density at radius 2 is 1.88 bits per heavy atom. The van der Waals surface area contributed by atoms with Gasteiger partial charge in [0.25, 0.3) is 0 Å². The number of aryl methyl sites for hydroxylation is 2. The molecular weight excluding hydrogens is 445 g/mol. The number of rotatable bonds is 4. The van der Waals surface area contributed by atoms with E-state index in [1.807, 2.05) is 7.05 Å². The summed E-state index contributed by atoms with van der Waals surface area (Å²) in [6, 6.07) is 1.40. The van der Waals surface area contributed by atoms with E-state index in [1.54, 1.807) is 11.3 Å². The number of thiazole rings is 1. The first-order valence-corrected chi connectivity index (χ1v) is 10.1. The molecule has 0 amide bonds.